The number of para-hydroxylation sites is 1. The molecule has 1 heterocycles. The molecule has 112 valence electrons. The number of aliphatic carboxylic acids is 1. The Morgan fingerprint density at radius 1 is 1.33 bits per heavy atom. The summed E-state index contributed by atoms with van der Waals surface area (Å²) >= 11 is 0. The molecule has 5 nitrogen and oxygen atoms in total. The number of carbonyl (C=O) groups is 2. The first-order chi connectivity index (χ1) is 9.99. The lowest BCUT2D eigenvalue weighted by atomic mass is 10.1. The Morgan fingerprint density at radius 2 is 2.05 bits per heavy atom. The molecule has 0 saturated heterocycles. The quantitative estimate of drug-likeness (QED) is 0.856. The molecule has 1 aromatic carbocycles. The number of nitrogens with one attached hydrogen (secondary N) is 1. The summed E-state index contributed by atoms with van der Waals surface area (Å²) in [5.41, 5.74) is 2.17. The van der Waals surface area contributed by atoms with Crippen LogP contribution in [-0.2, 0) is 16.0 Å². The van der Waals surface area contributed by atoms with Gasteiger partial charge in [-0.05, 0) is 18.1 Å². The van der Waals surface area contributed by atoms with Gasteiger partial charge in [0.15, 0.2) is 0 Å². The summed E-state index contributed by atoms with van der Waals surface area (Å²) in [6.45, 7) is 1.84. The number of hydrogen-bond donors (Lipinski definition) is 2. The molecule has 0 radical (unpaired) electrons. The predicted octanol–water partition coefficient (Wildman–Crippen LogP) is 2.28. The first-order valence-corrected chi connectivity index (χ1v) is 7.00. The third kappa shape index (κ3) is 3.62. The van der Waals surface area contributed by atoms with Crippen molar-refractivity contribution >= 4 is 22.8 Å². The molecule has 2 rings (SSSR count). The number of hydrogen-bond acceptors (Lipinski definition) is 2. The molecular weight excluding hydrogens is 268 g/mol. The number of nitrogens with zero attached hydrogens (tertiary/aromatic N) is 1. The predicted molar refractivity (Wildman–Crippen MR) is 81.1 cm³/mol. The van der Waals surface area contributed by atoms with Gasteiger partial charge in [0, 0.05) is 37.1 Å². The number of aromatic amines is 1. The summed E-state index contributed by atoms with van der Waals surface area (Å²) in [6.07, 6.45) is 2.96. The third-order valence-electron chi connectivity index (χ3n) is 3.68. The second kappa shape index (κ2) is 6.43. The fraction of sp³-hybridized carbons (Fsp3) is 0.375. The van der Waals surface area contributed by atoms with Crippen molar-refractivity contribution in [3.05, 3.63) is 36.0 Å². The van der Waals surface area contributed by atoms with Crippen LogP contribution in [0.1, 0.15) is 18.9 Å². The average molecular weight is 288 g/mol. The van der Waals surface area contributed by atoms with Crippen LogP contribution >= 0.6 is 0 Å². The standard InChI is InChI=1S/C16H20N2O3/c1-11(16(20)21)10-18(2)15(19)8-7-12-9-17-14-6-4-3-5-13(12)14/h3-6,9,11,17H,7-8,10H2,1-2H3,(H,20,21). The Bertz CT molecular complexity index is 648. The lowest BCUT2D eigenvalue weighted by molar-refractivity contribution is -0.142. The molecule has 1 aromatic heterocycles. The summed E-state index contributed by atoms with van der Waals surface area (Å²) in [5.74, 6) is -1.47. The molecule has 2 aromatic rings. The number of rotatable bonds is 6. The zero-order valence-electron chi connectivity index (χ0n) is 12.3. The van der Waals surface area contributed by atoms with Gasteiger partial charge in [-0.2, -0.15) is 0 Å². The molecule has 0 aliphatic rings. The van der Waals surface area contributed by atoms with Gasteiger partial charge >= 0.3 is 5.97 Å². The van der Waals surface area contributed by atoms with E-state index in [4.69, 9.17) is 5.11 Å². The zero-order chi connectivity index (χ0) is 15.4. The molecule has 0 aliphatic carbocycles. The van der Waals surface area contributed by atoms with Crippen molar-refractivity contribution in [3.63, 3.8) is 0 Å². The molecule has 5 heteroatoms. The van der Waals surface area contributed by atoms with E-state index in [9.17, 15) is 9.59 Å². The molecule has 0 bridgehead atoms. The number of benzene rings is 1. The van der Waals surface area contributed by atoms with E-state index < -0.39 is 11.9 Å². The van der Waals surface area contributed by atoms with Crippen molar-refractivity contribution in [2.45, 2.75) is 19.8 Å². The van der Waals surface area contributed by atoms with E-state index in [1.54, 1.807) is 14.0 Å². The Labute approximate surface area is 123 Å². The molecular formula is C16H20N2O3. The monoisotopic (exact) mass is 288 g/mol. The van der Waals surface area contributed by atoms with E-state index in [2.05, 4.69) is 4.98 Å². The summed E-state index contributed by atoms with van der Waals surface area (Å²) in [7, 11) is 1.65. The van der Waals surface area contributed by atoms with Crippen LogP contribution in [0, 0.1) is 5.92 Å². The normalized spacial score (nSPS) is 12.3. The third-order valence-corrected chi connectivity index (χ3v) is 3.68. The van der Waals surface area contributed by atoms with Crippen molar-refractivity contribution in [3.8, 4) is 0 Å². The van der Waals surface area contributed by atoms with Gasteiger partial charge in [-0.25, -0.2) is 0 Å². The molecule has 2 N–H and O–H groups in total. The van der Waals surface area contributed by atoms with Crippen molar-refractivity contribution in [2.75, 3.05) is 13.6 Å². The number of amides is 1. The van der Waals surface area contributed by atoms with Gasteiger partial charge < -0.3 is 15.0 Å². The smallest absolute Gasteiger partial charge is 0.308 e. The second-order valence-corrected chi connectivity index (χ2v) is 5.37. The van der Waals surface area contributed by atoms with Crippen LogP contribution in [0.15, 0.2) is 30.5 Å². The molecule has 0 aliphatic heterocycles. The highest BCUT2D eigenvalue weighted by molar-refractivity contribution is 5.84. The fourth-order valence-electron chi connectivity index (χ4n) is 2.36. The molecule has 0 spiro atoms. The van der Waals surface area contributed by atoms with Crippen molar-refractivity contribution in [1.29, 1.82) is 0 Å². The summed E-state index contributed by atoms with van der Waals surface area (Å²) < 4.78 is 0. The Hall–Kier alpha value is -2.30. The molecule has 0 saturated carbocycles. The highest BCUT2D eigenvalue weighted by Crippen LogP contribution is 2.19. The molecule has 0 fully saturated rings. The first kappa shape index (κ1) is 15.1. The number of carbonyl (C=O) groups excluding carboxylic acids is 1. The Kier molecular flexibility index (Phi) is 4.62. The van der Waals surface area contributed by atoms with E-state index in [0.29, 0.717) is 12.8 Å². The van der Waals surface area contributed by atoms with Crippen molar-refractivity contribution < 1.29 is 14.7 Å². The number of fused-ring (bicyclic) bond motifs is 1. The van der Waals surface area contributed by atoms with Gasteiger partial charge in [0.1, 0.15) is 0 Å². The van der Waals surface area contributed by atoms with Crippen LogP contribution in [0.4, 0.5) is 0 Å². The summed E-state index contributed by atoms with van der Waals surface area (Å²) in [6, 6.07) is 7.97. The Morgan fingerprint density at radius 3 is 2.76 bits per heavy atom. The highest BCUT2D eigenvalue weighted by Gasteiger charge is 2.17. The maximum Gasteiger partial charge on any atom is 0.308 e. The van der Waals surface area contributed by atoms with Gasteiger partial charge in [-0.3, -0.25) is 9.59 Å². The van der Waals surface area contributed by atoms with E-state index in [1.807, 2.05) is 30.5 Å². The number of carboxylic acids is 1. The minimum atomic E-state index is -0.883. The average Bonchev–Trinajstić information content (AvgIpc) is 2.87. The van der Waals surface area contributed by atoms with Gasteiger partial charge in [-0.1, -0.05) is 25.1 Å². The summed E-state index contributed by atoms with van der Waals surface area (Å²) in [4.78, 5) is 27.5. The van der Waals surface area contributed by atoms with Crippen LogP contribution in [-0.4, -0.2) is 40.5 Å². The lowest BCUT2D eigenvalue weighted by Gasteiger charge is -2.19. The number of aryl methyl sites for hydroxylation is 1. The minimum Gasteiger partial charge on any atom is -0.481 e. The molecule has 1 amide bonds. The van der Waals surface area contributed by atoms with E-state index in [1.165, 1.54) is 4.90 Å². The topological polar surface area (TPSA) is 73.4 Å². The molecule has 1 atom stereocenters. The van der Waals surface area contributed by atoms with Crippen LogP contribution < -0.4 is 0 Å². The largest absolute Gasteiger partial charge is 0.481 e. The highest BCUT2D eigenvalue weighted by atomic mass is 16.4. The maximum atomic E-state index is 12.1. The van der Waals surface area contributed by atoms with Gasteiger partial charge in [0.2, 0.25) is 5.91 Å². The fourth-order valence-corrected chi connectivity index (χ4v) is 2.36. The van der Waals surface area contributed by atoms with Crippen LogP contribution in [0.2, 0.25) is 0 Å². The number of H-pyrrole nitrogens is 1. The molecule has 1 unspecified atom stereocenters. The molecule has 21 heavy (non-hydrogen) atoms. The second-order valence-electron chi connectivity index (χ2n) is 5.37. The lowest BCUT2D eigenvalue weighted by Crippen LogP contribution is -2.33. The van der Waals surface area contributed by atoms with E-state index >= 15 is 0 Å². The SMILES string of the molecule is CC(CN(C)C(=O)CCc1c[nH]c2ccccc12)C(=O)O. The minimum absolute atomic E-state index is 0.0339. The van der Waals surface area contributed by atoms with Crippen LogP contribution in [0.3, 0.4) is 0 Å². The van der Waals surface area contributed by atoms with E-state index in [0.717, 1.165) is 16.5 Å². The van der Waals surface area contributed by atoms with Crippen molar-refractivity contribution in [2.24, 2.45) is 5.92 Å². The van der Waals surface area contributed by atoms with Gasteiger partial charge in [0.25, 0.3) is 0 Å². The van der Waals surface area contributed by atoms with Crippen molar-refractivity contribution in [1.82, 2.24) is 9.88 Å². The van der Waals surface area contributed by atoms with Crippen LogP contribution in [0.5, 0.6) is 0 Å². The summed E-state index contributed by atoms with van der Waals surface area (Å²) in [5, 5.41) is 10.0. The van der Waals surface area contributed by atoms with Gasteiger partial charge in [0.05, 0.1) is 5.92 Å². The number of aromatic nitrogens is 1. The van der Waals surface area contributed by atoms with Gasteiger partial charge in [-0.15, -0.1) is 0 Å². The van der Waals surface area contributed by atoms with Crippen LogP contribution in [0.25, 0.3) is 10.9 Å². The number of carboxylic acid groups (broad SMARTS) is 1. The Balaban J connectivity index is 1.93. The van der Waals surface area contributed by atoms with E-state index in [-0.39, 0.29) is 12.5 Å². The zero-order valence-corrected chi connectivity index (χ0v) is 12.3. The maximum absolute atomic E-state index is 12.1. The first-order valence-electron chi connectivity index (χ1n) is 7.00.